The van der Waals surface area contributed by atoms with E-state index in [9.17, 15) is 9.59 Å². The van der Waals surface area contributed by atoms with Crippen molar-refractivity contribution in [3.05, 3.63) is 31.8 Å². The number of benzene rings is 1. The zero-order chi connectivity index (χ0) is 14.7. The van der Waals surface area contributed by atoms with Crippen molar-refractivity contribution in [1.82, 2.24) is 4.90 Å². The van der Waals surface area contributed by atoms with Crippen molar-refractivity contribution in [3.63, 3.8) is 0 Å². The number of esters is 1. The van der Waals surface area contributed by atoms with E-state index in [1.807, 2.05) is 18.2 Å². The molecule has 20 heavy (non-hydrogen) atoms. The van der Waals surface area contributed by atoms with Gasteiger partial charge in [0.15, 0.2) is 0 Å². The molecule has 2 rings (SSSR count). The molecule has 1 aromatic carbocycles. The molecule has 0 radical (unpaired) electrons. The third-order valence-corrected chi connectivity index (χ3v) is 4.76. The van der Waals surface area contributed by atoms with Crippen LogP contribution in [0.3, 0.4) is 0 Å². The molecular formula is C14H15BrINO3. The third-order valence-electron chi connectivity index (χ3n) is 3.40. The van der Waals surface area contributed by atoms with Crippen molar-refractivity contribution < 1.29 is 14.3 Å². The summed E-state index contributed by atoms with van der Waals surface area (Å²) in [6.45, 7) is 0.594. The number of rotatable bonds is 2. The number of nitrogens with zero attached hydrogens (tertiary/aromatic N) is 1. The lowest BCUT2D eigenvalue weighted by Crippen LogP contribution is -2.48. The Labute approximate surface area is 140 Å². The molecule has 1 heterocycles. The van der Waals surface area contributed by atoms with Crippen molar-refractivity contribution in [2.75, 3.05) is 13.7 Å². The number of hydrogen-bond acceptors (Lipinski definition) is 3. The van der Waals surface area contributed by atoms with Gasteiger partial charge in [-0.25, -0.2) is 4.79 Å². The number of piperidine rings is 1. The number of methoxy groups -OCH3 is 1. The molecule has 1 amide bonds. The summed E-state index contributed by atoms with van der Waals surface area (Å²) in [5, 5.41) is 0. The Hall–Kier alpha value is -0.630. The first-order valence-corrected chi connectivity index (χ1v) is 8.25. The minimum Gasteiger partial charge on any atom is -0.467 e. The summed E-state index contributed by atoms with van der Waals surface area (Å²) in [6.07, 6.45) is 2.53. The molecule has 1 fully saturated rings. The number of hydrogen-bond donors (Lipinski definition) is 0. The van der Waals surface area contributed by atoms with Crippen LogP contribution in [0.25, 0.3) is 0 Å². The molecular weight excluding hydrogens is 437 g/mol. The topological polar surface area (TPSA) is 46.6 Å². The predicted molar refractivity (Wildman–Crippen MR) is 87.6 cm³/mol. The summed E-state index contributed by atoms with van der Waals surface area (Å²) in [5.41, 5.74) is 0.590. The van der Waals surface area contributed by atoms with Crippen LogP contribution >= 0.6 is 38.5 Å². The van der Waals surface area contributed by atoms with Crippen LogP contribution in [-0.2, 0) is 9.53 Å². The first-order chi connectivity index (χ1) is 9.54. The second-order valence-corrected chi connectivity index (χ2v) is 6.76. The molecule has 1 aliphatic rings. The summed E-state index contributed by atoms with van der Waals surface area (Å²) in [4.78, 5) is 26.2. The van der Waals surface area contributed by atoms with E-state index in [4.69, 9.17) is 4.74 Å². The van der Waals surface area contributed by atoms with Gasteiger partial charge in [-0.1, -0.05) is 0 Å². The van der Waals surface area contributed by atoms with Gasteiger partial charge in [-0.05, 0) is 76.0 Å². The standard InChI is InChI=1S/C14H15BrINO3/c1-20-14(19)12-4-2-3-7-17(12)13(18)10-8-9(16)5-6-11(10)15/h5-6,8,12H,2-4,7H2,1H3/t12-/m1/s1. The highest BCUT2D eigenvalue weighted by molar-refractivity contribution is 14.1. The summed E-state index contributed by atoms with van der Waals surface area (Å²) in [5.74, 6) is -0.453. The maximum atomic E-state index is 12.7. The lowest BCUT2D eigenvalue weighted by molar-refractivity contribution is -0.147. The molecule has 0 spiro atoms. The summed E-state index contributed by atoms with van der Waals surface area (Å²) in [6, 6.07) is 5.14. The van der Waals surface area contributed by atoms with Gasteiger partial charge in [-0.15, -0.1) is 0 Å². The van der Waals surface area contributed by atoms with E-state index in [0.717, 1.165) is 20.9 Å². The van der Waals surface area contributed by atoms with Crippen LogP contribution in [0.1, 0.15) is 29.6 Å². The Balaban J connectivity index is 2.30. The van der Waals surface area contributed by atoms with Gasteiger partial charge in [-0.2, -0.15) is 0 Å². The molecule has 6 heteroatoms. The highest BCUT2D eigenvalue weighted by atomic mass is 127. The lowest BCUT2D eigenvalue weighted by atomic mass is 10.0. The Morgan fingerprint density at radius 3 is 2.85 bits per heavy atom. The average Bonchev–Trinajstić information content (AvgIpc) is 2.48. The van der Waals surface area contributed by atoms with Crippen LogP contribution in [0.2, 0.25) is 0 Å². The maximum Gasteiger partial charge on any atom is 0.328 e. The molecule has 1 atom stereocenters. The summed E-state index contributed by atoms with van der Waals surface area (Å²) >= 11 is 5.57. The molecule has 0 saturated carbocycles. The molecule has 0 unspecified atom stereocenters. The van der Waals surface area contributed by atoms with E-state index in [1.165, 1.54) is 7.11 Å². The molecule has 1 aliphatic heterocycles. The smallest absolute Gasteiger partial charge is 0.328 e. The van der Waals surface area contributed by atoms with Crippen LogP contribution < -0.4 is 0 Å². The van der Waals surface area contributed by atoms with E-state index in [2.05, 4.69) is 38.5 Å². The molecule has 4 nitrogen and oxygen atoms in total. The van der Waals surface area contributed by atoms with E-state index in [0.29, 0.717) is 18.5 Å². The number of ether oxygens (including phenoxy) is 1. The fraction of sp³-hybridized carbons (Fsp3) is 0.429. The van der Waals surface area contributed by atoms with Crippen LogP contribution in [0.5, 0.6) is 0 Å². The van der Waals surface area contributed by atoms with Crippen LogP contribution in [0.15, 0.2) is 22.7 Å². The number of amides is 1. The second kappa shape index (κ2) is 6.89. The van der Waals surface area contributed by atoms with Crippen LogP contribution in [0, 0.1) is 3.57 Å². The Morgan fingerprint density at radius 2 is 2.15 bits per heavy atom. The largest absolute Gasteiger partial charge is 0.467 e. The van der Waals surface area contributed by atoms with E-state index < -0.39 is 6.04 Å². The molecule has 0 bridgehead atoms. The second-order valence-electron chi connectivity index (χ2n) is 4.66. The zero-order valence-corrected chi connectivity index (χ0v) is 14.8. The van der Waals surface area contributed by atoms with Gasteiger partial charge in [0, 0.05) is 14.6 Å². The van der Waals surface area contributed by atoms with Crippen molar-refractivity contribution in [1.29, 1.82) is 0 Å². The van der Waals surface area contributed by atoms with Crippen molar-refractivity contribution in [2.24, 2.45) is 0 Å². The Bertz CT molecular complexity index is 535. The van der Waals surface area contributed by atoms with E-state index in [-0.39, 0.29) is 11.9 Å². The molecule has 1 saturated heterocycles. The highest BCUT2D eigenvalue weighted by Crippen LogP contribution is 2.25. The molecule has 0 N–H and O–H groups in total. The third kappa shape index (κ3) is 3.33. The predicted octanol–water partition coefficient (Wildman–Crippen LogP) is 3.22. The fourth-order valence-corrected chi connectivity index (χ4v) is 3.28. The van der Waals surface area contributed by atoms with Gasteiger partial charge >= 0.3 is 5.97 Å². The first kappa shape index (κ1) is 15.8. The van der Waals surface area contributed by atoms with Crippen molar-refractivity contribution >= 4 is 50.4 Å². The summed E-state index contributed by atoms with van der Waals surface area (Å²) < 4.78 is 6.55. The minimum atomic E-state index is -0.467. The molecule has 0 aromatic heterocycles. The SMILES string of the molecule is COC(=O)[C@H]1CCCCN1C(=O)c1cc(I)ccc1Br. The quantitative estimate of drug-likeness (QED) is 0.512. The number of likely N-dealkylation sites (tertiary alicyclic amines) is 1. The minimum absolute atomic E-state index is 0.120. The van der Waals surface area contributed by atoms with Gasteiger partial charge < -0.3 is 9.64 Å². The van der Waals surface area contributed by atoms with E-state index in [1.54, 1.807) is 4.90 Å². The Kier molecular flexibility index (Phi) is 5.42. The molecule has 0 aliphatic carbocycles. The monoisotopic (exact) mass is 451 g/mol. The highest BCUT2D eigenvalue weighted by Gasteiger charge is 2.33. The fourth-order valence-electron chi connectivity index (χ4n) is 2.37. The van der Waals surface area contributed by atoms with Gasteiger partial charge in [-0.3, -0.25) is 4.79 Å². The van der Waals surface area contributed by atoms with Gasteiger partial charge in [0.1, 0.15) is 6.04 Å². The van der Waals surface area contributed by atoms with Crippen LogP contribution in [-0.4, -0.2) is 36.5 Å². The number of carbonyl (C=O) groups is 2. The van der Waals surface area contributed by atoms with Gasteiger partial charge in [0.2, 0.25) is 0 Å². The van der Waals surface area contributed by atoms with Crippen molar-refractivity contribution in [3.8, 4) is 0 Å². The van der Waals surface area contributed by atoms with Gasteiger partial charge in [0.05, 0.1) is 12.7 Å². The van der Waals surface area contributed by atoms with Crippen molar-refractivity contribution in [2.45, 2.75) is 25.3 Å². The first-order valence-electron chi connectivity index (χ1n) is 6.38. The van der Waals surface area contributed by atoms with Gasteiger partial charge in [0.25, 0.3) is 5.91 Å². The normalized spacial score (nSPS) is 18.8. The molecule has 108 valence electrons. The lowest BCUT2D eigenvalue weighted by Gasteiger charge is -2.34. The Morgan fingerprint density at radius 1 is 1.40 bits per heavy atom. The zero-order valence-electron chi connectivity index (χ0n) is 11.1. The number of carbonyl (C=O) groups excluding carboxylic acids is 2. The molecule has 1 aromatic rings. The van der Waals surface area contributed by atoms with E-state index >= 15 is 0 Å². The summed E-state index contributed by atoms with van der Waals surface area (Å²) in [7, 11) is 1.36. The number of halogens is 2. The average molecular weight is 452 g/mol. The maximum absolute atomic E-state index is 12.7. The van der Waals surface area contributed by atoms with Crippen LogP contribution in [0.4, 0.5) is 0 Å².